The van der Waals surface area contributed by atoms with Crippen LogP contribution in [-0.2, 0) is 21.8 Å². The highest BCUT2D eigenvalue weighted by Gasteiger charge is 2.20. The molecule has 0 radical (unpaired) electrons. The van der Waals surface area contributed by atoms with Crippen molar-refractivity contribution in [2.45, 2.75) is 39.7 Å². The van der Waals surface area contributed by atoms with E-state index in [4.69, 9.17) is 4.98 Å². The number of nitrogens with zero attached hydrogens (tertiary/aromatic N) is 3. The zero-order valence-electron chi connectivity index (χ0n) is 17.3. The minimum Gasteiger partial charge on any atom is -0.310 e. The maximum Gasteiger partial charge on any atom is 0.261 e. The fourth-order valence-corrected chi connectivity index (χ4v) is 3.51. The summed E-state index contributed by atoms with van der Waals surface area (Å²) in [6.07, 6.45) is 5.91. The lowest BCUT2D eigenvalue weighted by molar-refractivity contribution is 0.548. The number of sulfone groups is 1. The molecule has 0 unspecified atom stereocenters. The van der Waals surface area contributed by atoms with Gasteiger partial charge in [-0.2, -0.15) is 0 Å². The van der Waals surface area contributed by atoms with Gasteiger partial charge in [0.2, 0.25) is 0 Å². The first-order chi connectivity index (χ1) is 13.5. The molecule has 1 aromatic carbocycles. The second-order valence-electron chi connectivity index (χ2n) is 8.22. The molecule has 7 heteroatoms. The Bertz CT molecular complexity index is 1270. The van der Waals surface area contributed by atoms with Gasteiger partial charge < -0.3 is 4.57 Å². The highest BCUT2D eigenvalue weighted by atomic mass is 32.2. The van der Waals surface area contributed by atoms with E-state index >= 15 is 0 Å². The number of pyridine rings is 1. The van der Waals surface area contributed by atoms with Crippen LogP contribution >= 0.6 is 0 Å². The molecule has 3 rings (SSSR count). The maximum absolute atomic E-state index is 13.0. The van der Waals surface area contributed by atoms with Gasteiger partial charge in [0.05, 0.1) is 10.9 Å². The standard InChI is InChI=1S/C22H25N3O3S/c1-15-9-6-7-10-16(15)18-14-25(11-8-12-29(5,27)28)20(26)17-13-23-21(22(2,3)4)24-19(17)18/h6-10,12-14H,11H2,1-5H3/b12-8+. The quantitative estimate of drug-likeness (QED) is 0.655. The van der Waals surface area contributed by atoms with Gasteiger partial charge in [-0.1, -0.05) is 51.1 Å². The molecular weight excluding hydrogens is 386 g/mol. The smallest absolute Gasteiger partial charge is 0.261 e. The highest BCUT2D eigenvalue weighted by molar-refractivity contribution is 7.93. The number of aryl methyl sites for hydroxylation is 1. The van der Waals surface area contributed by atoms with Crippen molar-refractivity contribution in [3.63, 3.8) is 0 Å². The number of allylic oxidation sites excluding steroid dienone is 1. The summed E-state index contributed by atoms with van der Waals surface area (Å²) in [6.45, 7) is 8.23. The Morgan fingerprint density at radius 2 is 1.83 bits per heavy atom. The number of hydrogen-bond acceptors (Lipinski definition) is 5. The lowest BCUT2D eigenvalue weighted by Crippen LogP contribution is -2.22. The van der Waals surface area contributed by atoms with E-state index in [0.29, 0.717) is 16.7 Å². The molecule has 0 aliphatic heterocycles. The van der Waals surface area contributed by atoms with Crippen molar-refractivity contribution in [1.82, 2.24) is 14.5 Å². The fraction of sp³-hybridized carbons (Fsp3) is 0.318. The first-order valence-corrected chi connectivity index (χ1v) is 11.3. The van der Waals surface area contributed by atoms with Gasteiger partial charge in [0, 0.05) is 41.6 Å². The summed E-state index contributed by atoms with van der Waals surface area (Å²) in [7, 11) is -3.26. The van der Waals surface area contributed by atoms with E-state index < -0.39 is 9.84 Å². The number of aromatic nitrogens is 3. The predicted octanol–water partition coefficient (Wildman–Crippen LogP) is 3.62. The number of hydrogen-bond donors (Lipinski definition) is 0. The topological polar surface area (TPSA) is 81.9 Å². The van der Waals surface area contributed by atoms with Gasteiger partial charge in [-0.25, -0.2) is 18.4 Å². The van der Waals surface area contributed by atoms with Crippen molar-refractivity contribution in [3.05, 3.63) is 69.9 Å². The second-order valence-corrected chi connectivity index (χ2v) is 10.2. The van der Waals surface area contributed by atoms with E-state index in [1.807, 2.05) is 52.0 Å². The third-order valence-electron chi connectivity index (χ3n) is 4.57. The van der Waals surface area contributed by atoms with Crippen LogP contribution in [0.25, 0.3) is 22.0 Å². The summed E-state index contributed by atoms with van der Waals surface area (Å²) in [4.78, 5) is 22.2. The van der Waals surface area contributed by atoms with Gasteiger partial charge in [-0.05, 0) is 18.1 Å². The molecule has 0 aliphatic rings. The van der Waals surface area contributed by atoms with E-state index in [0.717, 1.165) is 28.4 Å². The highest BCUT2D eigenvalue weighted by Crippen LogP contribution is 2.29. The Morgan fingerprint density at radius 1 is 1.14 bits per heavy atom. The normalized spacial score (nSPS) is 12.7. The Hall–Kier alpha value is -2.80. The van der Waals surface area contributed by atoms with E-state index in [2.05, 4.69) is 4.98 Å². The Kier molecular flexibility index (Phi) is 5.45. The van der Waals surface area contributed by atoms with Gasteiger partial charge in [0.1, 0.15) is 5.82 Å². The third-order valence-corrected chi connectivity index (χ3v) is 5.26. The van der Waals surface area contributed by atoms with Crippen molar-refractivity contribution in [2.24, 2.45) is 0 Å². The molecular formula is C22H25N3O3S. The van der Waals surface area contributed by atoms with Crippen LogP contribution in [0.3, 0.4) is 0 Å². The summed E-state index contributed by atoms with van der Waals surface area (Å²) in [5, 5.41) is 1.52. The summed E-state index contributed by atoms with van der Waals surface area (Å²) in [5.41, 5.74) is 2.94. The maximum atomic E-state index is 13.0. The Morgan fingerprint density at radius 3 is 2.45 bits per heavy atom. The zero-order valence-corrected chi connectivity index (χ0v) is 18.1. The molecule has 0 amide bonds. The lowest BCUT2D eigenvalue weighted by atomic mass is 9.95. The van der Waals surface area contributed by atoms with E-state index in [-0.39, 0.29) is 17.5 Å². The van der Waals surface area contributed by atoms with E-state index in [1.54, 1.807) is 12.4 Å². The monoisotopic (exact) mass is 411 g/mol. The summed E-state index contributed by atoms with van der Waals surface area (Å²) in [5.74, 6) is 0.661. The average Bonchev–Trinajstić information content (AvgIpc) is 2.62. The van der Waals surface area contributed by atoms with Gasteiger partial charge >= 0.3 is 0 Å². The van der Waals surface area contributed by atoms with Crippen LogP contribution in [0.1, 0.15) is 32.2 Å². The van der Waals surface area contributed by atoms with Crippen LogP contribution in [0.4, 0.5) is 0 Å². The molecule has 152 valence electrons. The molecule has 2 heterocycles. The molecule has 0 aliphatic carbocycles. The molecule has 0 N–H and O–H groups in total. The molecule has 0 atom stereocenters. The zero-order chi connectivity index (χ0) is 21.4. The molecule has 0 saturated heterocycles. The Balaban J connectivity index is 2.31. The molecule has 0 bridgehead atoms. The molecule has 0 spiro atoms. The summed E-state index contributed by atoms with van der Waals surface area (Å²) < 4.78 is 24.3. The van der Waals surface area contributed by atoms with Crippen molar-refractivity contribution in [1.29, 1.82) is 0 Å². The number of fused-ring (bicyclic) bond motifs is 1. The average molecular weight is 412 g/mol. The molecule has 2 aromatic heterocycles. The van der Waals surface area contributed by atoms with Crippen LogP contribution in [0, 0.1) is 6.92 Å². The van der Waals surface area contributed by atoms with Crippen LogP contribution in [0.5, 0.6) is 0 Å². The third kappa shape index (κ3) is 4.62. The second kappa shape index (κ2) is 7.55. The van der Waals surface area contributed by atoms with Gasteiger partial charge in [-0.3, -0.25) is 4.79 Å². The van der Waals surface area contributed by atoms with Crippen LogP contribution in [0.15, 0.2) is 52.9 Å². The van der Waals surface area contributed by atoms with Gasteiger partial charge in [-0.15, -0.1) is 0 Å². The molecule has 29 heavy (non-hydrogen) atoms. The first-order valence-electron chi connectivity index (χ1n) is 9.30. The van der Waals surface area contributed by atoms with Gasteiger partial charge in [0.25, 0.3) is 5.56 Å². The van der Waals surface area contributed by atoms with E-state index in [1.165, 1.54) is 10.6 Å². The predicted molar refractivity (Wildman–Crippen MR) is 117 cm³/mol. The first kappa shape index (κ1) is 20.9. The number of rotatable bonds is 4. The fourth-order valence-electron chi connectivity index (χ4n) is 3.07. The number of benzene rings is 1. The summed E-state index contributed by atoms with van der Waals surface area (Å²) >= 11 is 0. The minimum atomic E-state index is -3.26. The van der Waals surface area contributed by atoms with Crippen molar-refractivity contribution >= 4 is 20.7 Å². The van der Waals surface area contributed by atoms with E-state index in [9.17, 15) is 13.2 Å². The lowest BCUT2D eigenvalue weighted by Gasteiger charge is -2.18. The summed E-state index contributed by atoms with van der Waals surface area (Å²) in [6, 6.07) is 7.90. The van der Waals surface area contributed by atoms with Gasteiger partial charge in [0.15, 0.2) is 9.84 Å². The largest absolute Gasteiger partial charge is 0.310 e. The SMILES string of the molecule is Cc1ccccc1-c1cn(C/C=C/S(C)(=O)=O)c(=O)c2cnc(C(C)(C)C)nc12. The molecule has 6 nitrogen and oxygen atoms in total. The van der Waals surface area contributed by atoms with Crippen molar-refractivity contribution in [3.8, 4) is 11.1 Å². The Labute approximate surface area is 170 Å². The molecule has 0 saturated carbocycles. The van der Waals surface area contributed by atoms with Crippen molar-refractivity contribution in [2.75, 3.05) is 6.26 Å². The van der Waals surface area contributed by atoms with Crippen LogP contribution < -0.4 is 5.56 Å². The van der Waals surface area contributed by atoms with Crippen LogP contribution in [-0.4, -0.2) is 29.2 Å². The van der Waals surface area contributed by atoms with Crippen LogP contribution in [0.2, 0.25) is 0 Å². The molecule has 3 aromatic rings. The van der Waals surface area contributed by atoms with Crippen molar-refractivity contribution < 1.29 is 8.42 Å². The molecule has 0 fully saturated rings. The minimum absolute atomic E-state index is 0.141.